The van der Waals surface area contributed by atoms with Crippen molar-refractivity contribution in [1.29, 1.82) is 0 Å². The van der Waals surface area contributed by atoms with Crippen molar-refractivity contribution in [1.82, 2.24) is 5.32 Å². The lowest BCUT2D eigenvalue weighted by atomic mass is 9.92. The normalized spacial score (nSPS) is 11.2. The van der Waals surface area contributed by atoms with Crippen molar-refractivity contribution in [3.05, 3.63) is 35.1 Å². The summed E-state index contributed by atoms with van der Waals surface area (Å²) in [6.45, 7) is 5.57. The van der Waals surface area contributed by atoms with E-state index < -0.39 is 17.3 Å². The lowest BCUT2D eigenvalue weighted by Gasteiger charge is -2.31. The summed E-state index contributed by atoms with van der Waals surface area (Å²) in [6, 6.07) is 4.41. The minimum Gasteiger partial charge on any atom is -0.391 e. The van der Waals surface area contributed by atoms with E-state index in [9.17, 15) is 9.18 Å². The second kappa shape index (κ2) is 6.10. The third-order valence-electron chi connectivity index (χ3n) is 3.40. The van der Waals surface area contributed by atoms with Crippen LogP contribution in [0.4, 0.5) is 4.39 Å². The number of rotatable bonds is 5. The largest absolute Gasteiger partial charge is 0.391 e. The molecule has 1 aromatic carbocycles. The molecule has 0 fully saturated rings. The molecule has 0 aromatic heterocycles. The first-order valence-corrected chi connectivity index (χ1v) is 6.65. The molecule has 0 aliphatic heterocycles. The van der Waals surface area contributed by atoms with Crippen LogP contribution in [-0.2, 0) is 0 Å². The van der Waals surface area contributed by atoms with Crippen molar-refractivity contribution in [3.63, 3.8) is 0 Å². The average molecular weight is 282 g/mol. The summed E-state index contributed by atoms with van der Waals surface area (Å²) in [5.74, 6) is -1.04. The molecule has 1 rings (SSSR count). The van der Waals surface area contributed by atoms with Gasteiger partial charge in [-0.1, -0.05) is 37.7 Å². The van der Waals surface area contributed by atoms with E-state index in [1.807, 2.05) is 13.8 Å². The summed E-state index contributed by atoms with van der Waals surface area (Å²) in [4.78, 5) is 12.4. The Kier molecular flexibility index (Phi) is 5.00. The Hall–Kier alpha value is -1.49. The predicted molar refractivity (Wildman–Crippen MR) is 78.7 cm³/mol. The molecule has 3 nitrogen and oxygen atoms in total. The van der Waals surface area contributed by atoms with Crippen LogP contribution in [0.5, 0.6) is 0 Å². The number of carbonyl (C=O) groups excluding carboxylic acids is 1. The van der Waals surface area contributed by atoms with Crippen molar-refractivity contribution in [2.75, 3.05) is 0 Å². The summed E-state index contributed by atoms with van der Waals surface area (Å²) < 4.78 is 13.7. The molecular formula is C14H19FN2OS. The van der Waals surface area contributed by atoms with E-state index in [2.05, 4.69) is 5.32 Å². The standard InChI is InChI=1S/C14H19FN2OS/c1-4-14(5-2,13(16)19)17-12(18)10-8-9(3)6-7-11(10)15/h6-8H,4-5H2,1-3H3,(H2,16,19)(H,17,18). The maximum Gasteiger partial charge on any atom is 0.255 e. The monoisotopic (exact) mass is 282 g/mol. The molecule has 1 amide bonds. The molecule has 1 aromatic rings. The van der Waals surface area contributed by atoms with E-state index in [1.54, 1.807) is 13.0 Å². The van der Waals surface area contributed by atoms with Gasteiger partial charge in [0.15, 0.2) is 0 Å². The van der Waals surface area contributed by atoms with Gasteiger partial charge in [0.1, 0.15) is 5.82 Å². The summed E-state index contributed by atoms with van der Waals surface area (Å²) in [7, 11) is 0. The van der Waals surface area contributed by atoms with Gasteiger partial charge in [0.2, 0.25) is 0 Å². The topological polar surface area (TPSA) is 55.1 Å². The molecule has 0 aliphatic rings. The zero-order chi connectivity index (χ0) is 14.6. The van der Waals surface area contributed by atoms with E-state index >= 15 is 0 Å². The van der Waals surface area contributed by atoms with Crippen LogP contribution in [0.2, 0.25) is 0 Å². The third-order valence-corrected chi connectivity index (χ3v) is 3.79. The third kappa shape index (κ3) is 3.29. The molecule has 0 unspecified atom stereocenters. The molecule has 5 heteroatoms. The lowest BCUT2D eigenvalue weighted by Crippen LogP contribution is -2.56. The minimum absolute atomic E-state index is 0.0162. The number of carbonyl (C=O) groups is 1. The number of nitrogens with two attached hydrogens (primary N) is 1. The number of hydrogen-bond donors (Lipinski definition) is 2. The van der Waals surface area contributed by atoms with E-state index in [1.165, 1.54) is 12.1 Å². The summed E-state index contributed by atoms with van der Waals surface area (Å²) >= 11 is 5.02. The quantitative estimate of drug-likeness (QED) is 0.816. The van der Waals surface area contributed by atoms with Gasteiger partial charge >= 0.3 is 0 Å². The van der Waals surface area contributed by atoms with Crippen LogP contribution in [0.15, 0.2) is 18.2 Å². The Morgan fingerprint density at radius 3 is 2.47 bits per heavy atom. The van der Waals surface area contributed by atoms with Crippen LogP contribution in [0.1, 0.15) is 42.6 Å². The number of nitrogens with one attached hydrogen (secondary N) is 1. The van der Waals surface area contributed by atoms with E-state index in [4.69, 9.17) is 18.0 Å². The zero-order valence-corrected chi connectivity index (χ0v) is 12.2. The first kappa shape index (κ1) is 15.6. The van der Waals surface area contributed by atoms with Crippen LogP contribution in [0.3, 0.4) is 0 Å². The van der Waals surface area contributed by atoms with Crippen LogP contribution < -0.4 is 11.1 Å². The second-order valence-electron chi connectivity index (χ2n) is 4.59. The summed E-state index contributed by atoms with van der Waals surface area (Å²) in [6.07, 6.45) is 1.13. The van der Waals surface area contributed by atoms with Crippen LogP contribution in [-0.4, -0.2) is 16.4 Å². The highest BCUT2D eigenvalue weighted by Gasteiger charge is 2.32. The predicted octanol–water partition coefficient (Wildman–Crippen LogP) is 2.71. The Labute approximate surface area is 118 Å². The Bertz CT molecular complexity index is 498. The first-order valence-electron chi connectivity index (χ1n) is 6.25. The molecule has 0 radical (unpaired) electrons. The number of amides is 1. The number of aryl methyl sites for hydroxylation is 1. The molecule has 0 saturated heterocycles. The first-order chi connectivity index (χ1) is 8.86. The van der Waals surface area contributed by atoms with Crippen molar-refractivity contribution in [3.8, 4) is 0 Å². The van der Waals surface area contributed by atoms with E-state index in [0.29, 0.717) is 12.8 Å². The molecule has 0 spiro atoms. The molecule has 104 valence electrons. The van der Waals surface area contributed by atoms with Crippen molar-refractivity contribution < 1.29 is 9.18 Å². The highest BCUT2D eigenvalue weighted by Crippen LogP contribution is 2.18. The van der Waals surface area contributed by atoms with Crippen molar-refractivity contribution in [2.24, 2.45) is 5.73 Å². The molecule has 0 atom stereocenters. The molecule has 19 heavy (non-hydrogen) atoms. The zero-order valence-electron chi connectivity index (χ0n) is 11.4. The van der Waals surface area contributed by atoms with Gasteiger partial charge in [-0.05, 0) is 31.9 Å². The molecule has 3 N–H and O–H groups in total. The minimum atomic E-state index is -0.761. The molecule has 0 heterocycles. The van der Waals surface area contributed by atoms with Crippen molar-refractivity contribution in [2.45, 2.75) is 39.2 Å². The van der Waals surface area contributed by atoms with Gasteiger partial charge in [0.25, 0.3) is 5.91 Å². The second-order valence-corrected chi connectivity index (χ2v) is 5.03. The molecule has 0 saturated carbocycles. The number of thiocarbonyl (C=S) groups is 1. The Morgan fingerprint density at radius 1 is 1.42 bits per heavy atom. The summed E-state index contributed by atoms with van der Waals surface area (Å²) in [5, 5.41) is 2.77. The van der Waals surface area contributed by atoms with E-state index in [0.717, 1.165) is 5.56 Å². The number of benzene rings is 1. The van der Waals surface area contributed by atoms with Crippen LogP contribution >= 0.6 is 12.2 Å². The fourth-order valence-electron chi connectivity index (χ4n) is 1.93. The highest BCUT2D eigenvalue weighted by molar-refractivity contribution is 7.80. The summed E-state index contributed by atoms with van der Waals surface area (Å²) in [5.41, 5.74) is 5.78. The van der Waals surface area contributed by atoms with Crippen molar-refractivity contribution >= 4 is 23.1 Å². The fourth-order valence-corrected chi connectivity index (χ4v) is 2.27. The fraction of sp³-hybridized carbons (Fsp3) is 0.429. The molecule has 0 aliphatic carbocycles. The lowest BCUT2D eigenvalue weighted by molar-refractivity contribution is 0.0915. The van der Waals surface area contributed by atoms with Crippen LogP contribution in [0, 0.1) is 12.7 Å². The highest BCUT2D eigenvalue weighted by atomic mass is 32.1. The van der Waals surface area contributed by atoms with Gasteiger partial charge < -0.3 is 11.1 Å². The maximum atomic E-state index is 13.7. The average Bonchev–Trinajstić information content (AvgIpc) is 2.38. The van der Waals surface area contributed by atoms with Gasteiger partial charge in [-0.2, -0.15) is 0 Å². The SMILES string of the molecule is CCC(CC)(NC(=O)c1cc(C)ccc1F)C(N)=S. The van der Waals surface area contributed by atoms with Gasteiger partial charge in [-0.25, -0.2) is 4.39 Å². The Balaban J connectivity index is 3.07. The van der Waals surface area contributed by atoms with Gasteiger partial charge in [0, 0.05) is 0 Å². The van der Waals surface area contributed by atoms with Gasteiger partial charge in [-0.3, -0.25) is 4.79 Å². The number of hydrogen-bond acceptors (Lipinski definition) is 2. The van der Waals surface area contributed by atoms with Crippen LogP contribution in [0.25, 0.3) is 0 Å². The molecular weight excluding hydrogens is 263 g/mol. The maximum absolute atomic E-state index is 13.7. The smallest absolute Gasteiger partial charge is 0.255 e. The van der Waals surface area contributed by atoms with Gasteiger partial charge in [0.05, 0.1) is 16.1 Å². The van der Waals surface area contributed by atoms with Gasteiger partial charge in [-0.15, -0.1) is 0 Å². The number of halogens is 1. The molecule has 0 bridgehead atoms. The Morgan fingerprint density at radius 2 is 2.00 bits per heavy atom. The van der Waals surface area contributed by atoms with E-state index in [-0.39, 0.29) is 10.6 Å².